The number of nitrogens with one attached hydrogen (secondary N) is 3. The molecule has 0 bridgehead atoms. The molecule has 1 fully saturated rings. The molecule has 2 rings (SSSR count). The molecule has 1 aromatic rings. The second-order valence-electron chi connectivity index (χ2n) is 16.2. The van der Waals surface area contributed by atoms with Crippen molar-refractivity contribution in [1.82, 2.24) is 21.1 Å². The van der Waals surface area contributed by atoms with Crippen molar-refractivity contribution in [2.75, 3.05) is 27.4 Å². The molecule has 0 spiro atoms. The lowest BCUT2D eigenvalue weighted by Crippen LogP contribution is -2.62. The van der Waals surface area contributed by atoms with E-state index in [1.807, 2.05) is 51.1 Å². The number of amides is 3. The molecule has 12 nitrogen and oxygen atoms in total. The molecule has 308 valence electrons. The third kappa shape index (κ3) is 14.0. The maximum Gasteiger partial charge on any atom is 0.324 e. The third-order valence-corrected chi connectivity index (χ3v) is 15.0. The highest BCUT2D eigenvalue weighted by molar-refractivity contribution is 6.74. The molecule has 0 unspecified atom stereocenters. The first-order chi connectivity index (χ1) is 25.8. The Balaban J connectivity index is 2.41. The Morgan fingerprint density at radius 1 is 1.04 bits per heavy atom. The fraction of sp³-hybridized carbons (Fsp3) is 0.619. The summed E-state index contributed by atoms with van der Waals surface area (Å²) >= 11 is 0. The van der Waals surface area contributed by atoms with E-state index in [2.05, 4.69) is 63.1 Å². The average molecular weight is 785 g/mol. The van der Waals surface area contributed by atoms with Crippen LogP contribution in [0.15, 0.2) is 61.7 Å². The summed E-state index contributed by atoms with van der Waals surface area (Å²) < 4.78 is 23.4. The highest BCUT2D eigenvalue weighted by atomic mass is 28.4. The predicted octanol–water partition coefficient (Wildman–Crippen LogP) is 5.90. The van der Waals surface area contributed by atoms with E-state index in [1.165, 1.54) is 5.01 Å². The molecule has 3 amide bonds. The second-order valence-corrected chi connectivity index (χ2v) is 21.0. The molecule has 0 aromatic heterocycles. The molecule has 7 atom stereocenters. The Bertz CT molecular complexity index is 1480. The number of allylic oxidation sites excluding steroid dienone is 2. The number of nitrogens with zero attached hydrogens (tertiary/aromatic N) is 1. The van der Waals surface area contributed by atoms with Gasteiger partial charge >= 0.3 is 5.97 Å². The van der Waals surface area contributed by atoms with Gasteiger partial charge in [-0.15, -0.1) is 6.58 Å². The fourth-order valence-electron chi connectivity index (χ4n) is 6.21. The Morgan fingerprint density at radius 2 is 1.73 bits per heavy atom. The van der Waals surface area contributed by atoms with Gasteiger partial charge < -0.3 is 29.3 Å². The summed E-state index contributed by atoms with van der Waals surface area (Å²) in [5, 5.41) is 7.28. The monoisotopic (exact) mass is 784 g/mol. The van der Waals surface area contributed by atoms with Crippen molar-refractivity contribution in [1.29, 1.82) is 0 Å². The molecule has 1 saturated heterocycles. The molecule has 1 heterocycles. The summed E-state index contributed by atoms with van der Waals surface area (Å²) in [4.78, 5) is 55.1. The number of esters is 1. The first-order valence-electron chi connectivity index (χ1n) is 19.4. The lowest BCUT2D eigenvalue weighted by Gasteiger charge is -2.37. The molecule has 13 heteroatoms. The van der Waals surface area contributed by atoms with Crippen molar-refractivity contribution in [3.05, 3.63) is 67.3 Å². The van der Waals surface area contributed by atoms with Crippen molar-refractivity contribution in [2.24, 2.45) is 17.8 Å². The van der Waals surface area contributed by atoms with Crippen LogP contribution in [-0.4, -0.2) is 94.7 Å². The van der Waals surface area contributed by atoms with Crippen LogP contribution in [0.4, 0.5) is 0 Å². The average Bonchev–Trinajstić information content (AvgIpc) is 3.13. The Kier molecular flexibility index (Phi) is 19.0. The quantitative estimate of drug-likeness (QED) is 0.0457. The van der Waals surface area contributed by atoms with Crippen molar-refractivity contribution in [2.45, 2.75) is 123 Å². The lowest BCUT2D eigenvalue weighted by molar-refractivity contribution is -0.153. The van der Waals surface area contributed by atoms with Gasteiger partial charge in [0, 0.05) is 33.1 Å². The third-order valence-electron chi connectivity index (χ3n) is 10.6. The molecule has 1 aromatic carbocycles. The van der Waals surface area contributed by atoms with E-state index in [1.54, 1.807) is 39.4 Å². The van der Waals surface area contributed by atoms with Crippen LogP contribution in [0.25, 0.3) is 0 Å². The molecular formula is C42H68N4O8Si. The molecule has 1 aliphatic heterocycles. The number of hydrogen-bond donors (Lipinski definition) is 3. The van der Waals surface area contributed by atoms with Crippen LogP contribution in [0.2, 0.25) is 18.1 Å². The molecule has 0 saturated carbocycles. The van der Waals surface area contributed by atoms with Crippen molar-refractivity contribution in [3.8, 4) is 5.75 Å². The van der Waals surface area contributed by atoms with Crippen LogP contribution < -0.4 is 20.5 Å². The lowest BCUT2D eigenvalue weighted by atomic mass is 9.87. The van der Waals surface area contributed by atoms with Crippen LogP contribution in [0.1, 0.15) is 73.3 Å². The number of rotatable bonds is 21. The SMILES string of the molecule is C=CC=C[C@H](OC)[C@H](C)[C@@H](OC)[C@@H](C)C(=O)N[C@H](C(=O)N[C@@H](Cc1cccc(O[Si](C)(C)C(C)(C)C)c1)C(=O)N1CCC[C@@H](C(=O)OCCC=C)N1)C(C)C. The van der Waals surface area contributed by atoms with E-state index < -0.39 is 56.2 Å². The topological polar surface area (TPSA) is 145 Å². The van der Waals surface area contributed by atoms with Crippen LogP contribution in [0, 0.1) is 17.8 Å². The normalized spacial score (nSPS) is 18.4. The highest BCUT2D eigenvalue weighted by Crippen LogP contribution is 2.37. The minimum Gasteiger partial charge on any atom is -0.543 e. The smallest absolute Gasteiger partial charge is 0.324 e. The van der Waals surface area contributed by atoms with Crippen LogP contribution in [0.3, 0.4) is 0 Å². The number of carbonyl (C=O) groups is 4. The largest absolute Gasteiger partial charge is 0.543 e. The Morgan fingerprint density at radius 3 is 2.31 bits per heavy atom. The molecule has 1 aliphatic rings. The van der Waals surface area contributed by atoms with Gasteiger partial charge in [-0.2, -0.15) is 0 Å². The number of methoxy groups -OCH3 is 2. The minimum atomic E-state index is -2.17. The van der Waals surface area contributed by atoms with Gasteiger partial charge in [0.25, 0.3) is 5.91 Å². The van der Waals surface area contributed by atoms with Gasteiger partial charge in [-0.25, -0.2) is 5.43 Å². The predicted molar refractivity (Wildman–Crippen MR) is 220 cm³/mol. The van der Waals surface area contributed by atoms with Gasteiger partial charge in [0.15, 0.2) is 0 Å². The van der Waals surface area contributed by atoms with Gasteiger partial charge in [0.05, 0.1) is 24.7 Å². The van der Waals surface area contributed by atoms with Gasteiger partial charge in [0.2, 0.25) is 20.1 Å². The zero-order valence-corrected chi connectivity index (χ0v) is 36.1. The van der Waals surface area contributed by atoms with E-state index in [9.17, 15) is 19.2 Å². The summed E-state index contributed by atoms with van der Waals surface area (Å²) in [6.45, 7) is 26.1. The van der Waals surface area contributed by atoms with Crippen molar-refractivity contribution < 1.29 is 37.8 Å². The van der Waals surface area contributed by atoms with Crippen LogP contribution in [-0.2, 0) is 39.8 Å². The number of ether oxygens (including phenoxy) is 3. The maximum atomic E-state index is 14.3. The van der Waals surface area contributed by atoms with Crippen molar-refractivity contribution >= 4 is 32.0 Å². The van der Waals surface area contributed by atoms with Crippen molar-refractivity contribution in [3.63, 3.8) is 0 Å². The first-order valence-corrected chi connectivity index (χ1v) is 22.3. The maximum absolute atomic E-state index is 14.3. The molecule has 55 heavy (non-hydrogen) atoms. The van der Waals surface area contributed by atoms with Gasteiger partial charge in [-0.1, -0.05) is 91.5 Å². The van der Waals surface area contributed by atoms with E-state index in [0.717, 1.165) is 5.56 Å². The Hall–Kier alpha value is -3.78. The van der Waals surface area contributed by atoms with E-state index in [-0.39, 0.29) is 41.9 Å². The molecular weight excluding hydrogens is 717 g/mol. The van der Waals surface area contributed by atoms with Gasteiger partial charge in [-0.3, -0.25) is 24.2 Å². The second kappa shape index (κ2) is 22.1. The molecule has 0 aliphatic carbocycles. The summed E-state index contributed by atoms with van der Waals surface area (Å²) in [7, 11) is 0.972. The first kappa shape index (κ1) is 47.4. The number of benzene rings is 1. The van der Waals surface area contributed by atoms with Gasteiger partial charge in [0.1, 0.15) is 23.9 Å². The molecule has 3 N–H and O–H groups in total. The van der Waals surface area contributed by atoms with E-state index >= 15 is 0 Å². The summed E-state index contributed by atoms with van der Waals surface area (Å²) in [5.41, 5.74) is 3.82. The molecule has 0 radical (unpaired) electrons. The van der Waals surface area contributed by atoms with Crippen LogP contribution in [0.5, 0.6) is 5.75 Å². The van der Waals surface area contributed by atoms with Gasteiger partial charge in [-0.05, 0) is 61.0 Å². The van der Waals surface area contributed by atoms with Crippen LogP contribution >= 0.6 is 0 Å². The minimum absolute atomic E-state index is 0.0259. The van der Waals surface area contributed by atoms with E-state index in [4.69, 9.17) is 18.6 Å². The highest BCUT2D eigenvalue weighted by Gasteiger charge is 2.40. The fourth-order valence-corrected chi connectivity index (χ4v) is 7.24. The zero-order valence-electron chi connectivity index (χ0n) is 35.1. The summed E-state index contributed by atoms with van der Waals surface area (Å²) in [5.74, 6) is -2.24. The van der Waals surface area contributed by atoms with E-state index in [0.29, 0.717) is 31.6 Å². The number of hydrogen-bond acceptors (Lipinski definition) is 9. The zero-order chi connectivity index (χ0) is 41.5. The standard InChI is InChI=1S/C42H68N4O8Si/c1-14-16-23-35(51-10)29(5)37(52-11)30(6)38(47)44-36(28(3)4)39(48)43-34(27-31-20-18-21-32(26-31)54-55(12,13)42(7,8)9)40(49)46-24-19-22-33(45-46)41(50)53-25-17-15-2/h14-16,18,20-21,23,26,28-30,33-37,45H,1-2,17,19,22,24-25,27H2,3-13H3,(H,43,48)(H,44,47)/t29-,30+,33-,34-,35-,36-,37+/m0/s1. The number of carbonyl (C=O) groups excluding carboxylic acids is 4. The number of hydrazine groups is 1. The summed E-state index contributed by atoms with van der Waals surface area (Å²) in [6.07, 6.45) is 7.81. The Labute approximate surface area is 330 Å². The summed E-state index contributed by atoms with van der Waals surface area (Å²) in [6, 6.07) is 4.85.